The standard InChI is InChI=1S/C19H28N4O2S2/c1-19(2,3)16-13-26-17(23-16)12-22-18(20-4)21-11-10-14-6-8-15(9-7-14)27(5,24)25/h6-9,13H,10-12H2,1-5H3,(H2,20,21,22). The van der Waals surface area contributed by atoms with Crippen LogP contribution in [0.4, 0.5) is 0 Å². The molecule has 0 aliphatic rings. The zero-order valence-electron chi connectivity index (χ0n) is 16.5. The quantitative estimate of drug-likeness (QED) is 0.567. The molecule has 0 saturated heterocycles. The number of benzene rings is 1. The highest BCUT2D eigenvalue weighted by molar-refractivity contribution is 7.90. The van der Waals surface area contributed by atoms with Crippen LogP contribution in [0.1, 0.15) is 37.0 Å². The van der Waals surface area contributed by atoms with Crippen LogP contribution in [0.5, 0.6) is 0 Å². The van der Waals surface area contributed by atoms with Gasteiger partial charge in [-0.05, 0) is 24.1 Å². The minimum Gasteiger partial charge on any atom is -0.356 e. The molecule has 27 heavy (non-hydrogen) atoms. The SMILES string of the molecule is CN=C(NCCc1ccc(S(C)(=O)=O)cc1)NCc1nc(C(C)(C)C)cs1. The first-order chi connectivity index (χ1) is 12.6. The predicted octanol–water partition coefficient (Wildman–Crippen LogP) is 2.75. The van der Waals surface area contributed by atoms with E-state index in [0.29, 0.717) is 18.0 Å². The van der Waals surface area contributed by atoms with E-state index in [1.165, 1.54) is 6.26 Å². The number of nitrogens with zero attached hydrogens (tertiary/aromatic N) is 2. The van der Waals surface area contributed by atoms with Gasteiger partial charge >= 0.3 is 0 Å². The first kappa shape index (κ1) is 21.4. The largest absolute Gasteiger partial charge is 0.356 e. The Morgan fingerprint density at radius 1 is 1.19 bits per heavy atom. The predicted molar refractivity (Wildman–Crippen MR) is 112 cm³/mol. The molecule has 0 amide bonds. The average Bonchev–Trinajstić information content (AvgIpc) is 3.07. The van der Waals surface area contributed by atoms with Gasteiger partial charge in [0.05, 0.1) is 17.1 Å². The summed E-state index contributed by atoms with van der Waals surface area (Å²) < 4.78 is 23.0. The fourth-order valence-electron chi connectivity index (χ4n) is 2.35. The molecule has 2 aromatic rings. The molecule has 1 aromatic carbocycles. The lowest BCUT2D eigenvalue weighted by atomic mass is 9.93. The Kier molecular flexibility index (Phi) is 7.00. The van der Waals surface area contributed by atoms with E-state index in [9.17, 15) is 8.42 Å². The maximum Gasteiger partial charge on any atom is 0.191 e. The zero-order valence-corrected chi connectivity index (χ0v) is 18.2. The number of hydrogen-bond donors (Lipinski definition) is 2. The van der Waals surface area contributed by atoms with Crippen molar-refractivity contribution < 1.29 is 8.42 Å². The van der Waals surface area contributed by atoms with Gasteiger partial charge in [0.2, 0.25) is 0 Å². The van der Waals surface area contributed by atoms with Gasteiger partial charge in [0, 0.05) is 30.6 Å². The summed E-state index contributed by atoms with van der Waals surface area (Å²) in [4.78, 5) is 9.24. The molecular weight excluding hydrogens is 380 g/mol. The number of thiazole rings is 1. The molecule has 0 radical (unpaired) electrons. The second-order valence-corrected chi connectivity index (χ2v) is 10.4. The van der Waals surface area contributed by atoms with Crippen LogP contribution in [0.15, 0.2) is 39.5 Å². The van der Waals surface area contributed by atoms with E-state index in [4.69, 9.17) is 0 Å². The number of aliphatic imine (C=N–C) groups is 1. The Balaban J connectivity index is 1.81. The number of guanidine groups is 1. The highest BCUT2D eigenvalue weighted by Gasteiger charge is 2.17. The molecule has 0 saturated carbocycles. The van der Waals surface area contributed by atoms with Crippen molar-refractivity contribution in [3.8, 4) is 0 Å². The van der Waals surface area contributed by atoms with Crippen molar-refractivity contribution in [2.45, 2.75) is 44.0 Å². The molecule has 0 aliphatic carbocycles. The van der Waals surface area contributed by atoms with Crippen LogP contribution in [0, 0.1) is 0 Å². The molecule has 6 nitrogen and oxygen atoms in total. The lowest BCUT2D eigenvalue weighted by molar-refractivity contribution is 0.570. The number of sulfone groups is 1. The van der Waals surface area contributed by atoms with Crippen molar-refractivity contribution in [1.29, 1.82) is 0 Å². The molecule has 2 rings (SSSR count). The van der Waals surface area contributed by atoms with Crippen LogP contribution in [0.2, 0.25) is 0 Å². The van der Waals surface area contributed by atoms with E-state index < -0.39 is 9.84 Å². The lowest BCUT2D eigenvalue weighted by Crippen LogP contribution is -2.37. The maximum absolute atomic E-state index is 11.5. The van der Waals surface area contributed by atoms with Crippen molar-refractivity contribution in [3.05, 3.63) is 45.9 Å². The van der Waals surface area contributed by atoms with Crippen LogP contribution < -0.4 is 10.6 Å². The van der Waals surface area contributed by atoms with Crippen LogP contribution in [0.3, 0.4) is 0 Å². The Labute approximate surface area is 166 Å². The Morgan fingerprint density at radius 2 is 1.85 bits per heavy atom. The van der Waals surface area contributed by atoms with E-state index in [2.05, 4.69) is 46.8 Å². The van der Waals surface area contributed by atoms with Gasteiger partial charge in [-0.1, -0.05) is 32.9 Å². The van der Waals surface area contributed by atoms with Gasteiger partial charge in [0.25, 0.3) is 0 Å². The second-order valence-electron chi connectivity index (χ2n) is 7.40. The summed E-state index contributed by atoms with van der Waals surface area (Å²) in [5.74, 6) is 0.718. The molecule has 1 aromatic heterocycles. The molecule has 0 fully saturated rings. The summed E-state index contributed by atoms with van der Waals surface area (Å²) in [6.07, 6.45) is 1.99. The minimum atomic E-state index is -3.15. The molecule has 148 valence electrons. The molecule has 8 heteroatoms. The van der Waals surface area contributed by atoms with Gasteiger partial charge in [0.15, 0.2) is 15.8 Å². The first-order valence-electron chi connectivity index (χ1n) is 8.78. The van der Waals surface area contributed by atoms with Gasteiger partial charge in [-0.15, -0.1) is 11.3 Å². The van der Waals surface area contributed by atoms with E-state index in [0.717, 1.165) is 28.6 Å². The Hall–Kier alpha value is -1.93. The van der Waals surface area contributed by atoms with E-state index in [-0.39, 0.29) is 5.41 Å². The summed E-state index contributed by atoms with van der Waals surface area (Å²) in [6.45, 7) is 7.79. The first-order valence-corrected chi connectivity index (χ1v) is 11.5. The van der Waals surface area contributed by atoms with Crippen molar-refractivity contribution in [2.75, 3.05) is 19.8 Å². The molecule has 0 spiro atoms. The van der Waals surface area contributed by atoms with Gasteiger partial charge in [-0.25, -0.2) is 13.4 Å². The third kappa shape index (κ3) is 6.62. The second kappa shape index (κ2) is 8.84. The highest BCUT2D eigenvalue weighted by Crippen LogP contribution is 2.23. The number of aromatic nitrogens is 1. The topological polar surface area (TPSA) is 83.5 Å². The monoisotopic (exact) mass is 408 g/mol. The summed E-state index contributed by atoms with van der Waals surface area (Å²) in [5.41, 5.74) is 2.23. The molecular formula is C19H28N4O2S2. The molecule has 0 unspecified atom stereocenters. The van der Waals surface area contributed by atoms with Crippen molar-refractivity contribution in [2.24, 2.45) is 4.99 Å². The van der Waals surface area contributed by atoms with Gasteiger partial charge < -0.3 is 10.6 Å². The van der Waals surface area contributed by atoms with Crippen LogP contribution >= 0.6 is 11.3 Å². The van der Waals surface area contributed by atoms with Crippen LogP contribution in [0.25, 0.3) is 0 Å². The van der Waals surface area contributed by atoms with Crippen molar-refractivity contribution >= 4 is 27.1 Å². The summed E-state index contributed by atoms with van der Waals surface area (Å²) in [6, 6.07) is 6.98. The summed E-state index contributed by atoms with van der Waals surface area (Å²) >= 11 is 1.65. The summed E-state index contributed by atoms with van der Waals surface area (Å²) in [7, 11) is -1.41. The molecule has 0 aliphatic heterocycles. The number of hydrogen-bond acceptors (Lipinski definition) is 5. The van der Waals surface area contributed by atoms with Crippen molar-refractivity contribution in [1.82, 2.24) is 15.6 Å². The molecule has 0 atom stereocenters. The Bertz CT molecular complexity index is 879. The van der Waals surface area contributed by atoms with Gasteiger partial charge in [-0.2, -0.15) is 0 Å². The van der Waals surface area contributed by atoms with Crippen molar-refractivity contribution in [3.63, 3.8) is 0 Å². The number of rotatable bonds is 6. The highest BCUT2D eigenvalue weighted by atomic mass is 32.2. The third-order valence-corrected chi connectivity index (χ3v) is 5.99. The summed E-state index contributed by atoms with van der Waals surface area (Å²) in [5, 5.41) is 9.67. The van der Waals surface area contributed by atoms with Gasteiger partial charge in [0.1, 0.15) is 5.01 Å². The zero-order chi connectivity index (χ0) is 20.1. The Morgan fingerprint density at radius 3 is 2.37 bits per heavy atom. The van der Waals surface area contributed by atoms with E-state index >= 15 is 0 Å². The van der Waals surface area contributed by atoms with E-state index in [1.54, 1.807) is 30.5 Å². The minimum absolute atomic E-state index is 0.0569. The fourth-order valence-corrected chi connectivity index (χ4v) is 3.94. The fraction of sp³-hybridized carbons (Fsp3) is 0.474. The normalized spacial score (nSPS) is 12.9. The lowest BCUT2D eigenvalue weighted by Gasteiger charge is -2.14. The third-order valence-electron chi connectivity index (χ3n) is 4.01. The van der Waals surface area contributed by atoms with Crippen LogP contribution in [-0.2, 0) is 28.2 Å². The molecule has 1 heterocycles. The van der Waals surface area contributed by atoms with Gasteiger partial charge in [-0.3, -0.25) is 4.99 Å². The van der Waals surface area contributed by atoms with Crippen LogP contribution in [-0.4, -0.2) is 39.2 Å². The van der Waals surface area contributed by atoms with E-state index in [1.807, 2.05) is 12.1 Å². The average molecular weight is 409 g/mol. The molecule has 0 bridgehead atoms. The molecule has 2 N–H and O–H groups in total. The number of nitrogens with one attached hydrogen (secondary N) is 2. The maximum atomic E-state index is 11.5. The smallest absolute Gasteiger partial charge is 0.191 e.